The van der Waals surface area contributed by atoms with Gasteiger partial charge in [-0.2, -0.15) is 0 Å². The first-order valence-electron chi connectivity index (χ1n) is 9.75. The van der Waals surface area contributed by atoms with E-state index in [1.807, 2.05) is 30.3 Å². The van der Waals surface area contributed by atoms with Crippen LogP contribution in [0.5, 0.6) is 0 Å². The monoisotopic (exact) mass is 351 g/mol. The van der Waals surface area contributed by atoms with Gasteiger partial charge in [0.15, 0.2) is 0 Å². The molecule has 0 saturated heterocycles. The number of benzene rings is 1. The Hall–Kier alpha value is -2.30. The summed E-state index contributed by atoms with van der Waals surface area (Å²) in [5.41, 5.74) is 1.17. The van der Waals surface area contributed by atoms with Crippen molar-refractivity contribution < 1.29 is 4.79 Å². The molecule has 4 bridgehead atoms. The van der Waals surface area contributed by atoms with Gasteiger partial charge in [0.2, 0.25) is 0 Å². The number of aromatic amines is 1. The number of aromatic nitrogens is 2. The second kappa shape index (κ2) is 5.86. The Morgan fingerprint density at radius 2 is 1.69 bits per heavy atom. The van der Waals surface area contributed by atoms with Gasteiger partial charge in [-0.15, -0.1) is 0 Å². The molecule has 0 atom stereocenters. The predicted molar refractivity (Wildman–Crippen MR) is 99.0 cm³/mol. The van der Waals surface area contributed by atoms with Gasteiger partial charge in [-0.05, 0) is 61.8 Å². The van der Waals surface area contributed by atoms with Crippen LogP contribution < -0.4 is 11.0 Å². The van der Waals surface area contributed by atoms with Crippen molar-refractivity contribution in [3.8, 4) is 0 Å². The lowest BCUT2D eigenvalue weighted by Gasteiger charge is -2.56. The number of carbonyl (C=O) groups excluding carboxylic acids is 1. The summed E-state index contributed by atoms with van der Waals surface area (Å²) in [6.45, 7) is 0.410. The molecule has 26 heavy (non-hydrogen) atoms. The van der Waals surface area contributed by atoms with Crippen LogP contribution in [0, 0.1) is 17.8 Å². The van der Waals surface area contributed by atoms with Crippen molar-refractivity contribution in [1.29, 1.82) is 0 Å². The molecule has 0 spiro atoms. The third-order valence-corrected chi connectivity index (χ3v) is 6.70. The summed E-state index contributed by atoms with van der Waals surface area (Å²) in [5.74, 6) is 2.22. The number of hydrogen-bond donors (Lipinski definition) is 2. The van der Waals surface area contributed by atoms with Crippen LogP contribution in [0.4, 0.5) is 0 Å². The molecule has 0 aliphatic heterocycles. The molecule has 0 radical (unpaired) electrons. The van der Waals surface area contributed by atoms with Gasteiger partial charge in [-0.25, -0.2) is 4.79 Å². The van der Waals surface area contributed by atoms with E-state index in [1.165, 1.54) is 19.3 Å². The maximum atomic E-state index is 13.1. The van der Waals surface area contributed by atoms with Crippen LogP contribution in [-0.2, 0) is 6.54 Å². The number of imidazole rings is 1. The minimum absolute atomic E-state index is 0.0449. The van der Waals surface area contributed by atoms with E-state index in [2.05, 4.69) is 10.3 Å². The molecule has 4 aliphatic rings. The third kappa shape index (κ3) is 2.70. The molecule has 2 aromatic rings. The first kappa shape index (κ1) is 15.9. The van der Waals surface area contributed by atoms with E-state index < -0.39 is 0 Å². The lowest BCUT2D eigenvalue weighted by molar-refractivity contribution is -0.0168. The lowest BCUT2D eigenvalue weighted by Crippen LogP contribution is -2.60. The molecule has 1 aromatic carbocycles. The Balaban J connectivity index is 1.39. The molecule has 5 heteroatoms. The summed E-state index contributed by atoms with van der Waals surface area (Å²) in [6, 6.07) is 9.79. The first-order chi connectivity index (χ1) is 12.6. The van der Waals surface area contributed by atoms with Gasteiger partial charge in [-0.1, -0.05) is 30.3 Å². The zero-order chi connectivity index (χ0) is 17.7. The highest BCUT2D eigenvalue weighted by Gasteiger charge is 2.51. The molecular formula is C21H25N3O2. The van der Waals surface area contributed by atoms with E-state index in [0.29, 0.717) is 12.2 Å². The van der Waals surface area contributed by atoms with Crippen molar-refractivity contribution in [3.05, 3.63) is 58.3 Å². The van der Waals surface area contributed by atoms with Crippen molar-refractivity contribution >= 4 is 5.91 Å². The summed E-state index contributed by atoms with van der Waals surface area (Å²) in [5, 5.41) is 3.36. The van der Waals surface area contributed by atoms with Gasteiger partial charge in [0.05, 0.1) is 6.54 Å². The molecular weight excluding hydrogens is 326 g/mol. The smallest absolute Gasteiger partial charge is 0.326 e. The molecule has 6 rings (SSSR count). The SMILES string of the molecule is O=C(NC12CC3CC(CC(C3)C1)C2)c1c[nH]c(=O)n1Cc1ccccc1. The van der Waals surface area contributed by atoms with Crippen molar-refractivity contribution in [2.45, 2.75) is 50.6 Å². The van der Waals surface area contributed by atoms with Gasteiger partial charge in [0.1, 0.15) is 5.69 Å². The summed E-state index contributed by atoms with van der Waals surface area (Å²) in [7, 11) is 0. The van der Waals surface area contributed by atoms with E-state index in [4.69, 9.17) is 0 Å². The highest BCUT2D eigenvalue weighted by molar-refractivity contribution is 5.93. The molecule has 4 fully saturated rings. The van der Waals surface area contributed by atoms with Crippen LogP contribution in [0.2, 0.25) is 0 Å². The number of hydrogen-bond acceptors (Lipinski definition) is 2. The number of H-pyrrole nitrogens is 1. The molecule has 1 amide bonds. The number of carbonyl (C=O) groups is 1. The number of nitrogens with zero attached hydrogens (tertiary/aromatic N) is 1. The molecule has 4 aliphatic carbocycles. The first-order valence-corrected chi connectivity index (χ1v) is 9.75. The molecule has 136 valence electrons. The molecule has 5 nitrogen and oxygen atoms in total. The van der Waals surface area contributed by atoms with Crippen molar-refractivity contribution in [1.82, 2.24) is 14.9 Å². The van der Waals surface area contributed by atoms with Gasteiger partial charge in [0.25, 0.3) is 5.91 Å². The van der Waals surface area contributed by atoms with E-state index in [-0.39, 0.29) is 17.1 Å². The quantitative estimate of drug-likeness (QED) is 0.889. The maximum Gasteiger partial charge on any atom is 0.326 e. The van der Waals surface area contributed by atoms with E-state index >= 15 is 0 Å². The number of rotatable bonds is 4. The molecule has 1 heterocycles. The molecule has 2 N–H and O–H groups in total. The normalized spacial score (nSPS) is 31.9. The maximum absolute atomic E-state index is 13.1. The van der Waals surface area contributed by atoms with E-state index in [9.17, 15) is 9.59 Å². The van der Waals surface area contributed by atoms with Crippen LogP contribution in [0.25, 0.3) is 0 Å². The molecule has 0 unspecified atom stereocenters. The average molecular weight is 351 g/mol. The minimum Gasteiger partial charge on any atom is -0.345 e. The zero-order valence-electron chi connectivity index (χ0n) is 14.9. The highest BCUT2D eigenvalue weighted by Crippen LogP contribution is 2.55. The molecule has 4 saturated carbocycles. The standard InChI is InChI=1S/C21H25N3O2/c25-19(23-21-9-15-6-16(10-21)8-17(7-15)11-21)18-12-22-20(26)24(18)13-14-4-2-1-3-5-14/h1-5,12,15-17H,6-11,13H2,(H,22,26)(H,23,25). The Morgan fingerprint density at radius 3 is 2.31 bits per heavy atom. The van der Waals surface area contributed by atoms with Crippen molar-refractivity contribution in [2.24, 2.45) is 17.8 Å². The zero-order valence-corrected chi connectivity index (χ0v) is 14.9. The summed E-state index contributed by atoms with van der Waals surface area (Å²) in [6.07, 6.45) is 8.92. The Kier molecular flexibility index (Phi) is 3.59. The van der Waals surface area contributed by atoms with Crippen molar-refractivity contribution in [2.75, 3.05) is 0 Å². The summed E-state index contributed by atoms with van der Waals surface area (Å²) < 4.78 is 1.55. The van der Waals surface area contributed by atoms with Gasteiger partial charge >= 0.3 is 5.69 Å². The van der Waals surface area contributed by atoms with Gasteiger partial charge in [-0.3, -0.25) is 9.36 Å². The predicted octanol–water partition coefficient (Wildman–Crippen LogP) is 2.92. The topological polar surface area (TPSA) is 66.9 Å². The number of amides is 1. The minimum atomic E-state index is -0.232. The highest BCUT2D eigenvalue weighted by atomic mass is 16.2. The van der Waals surface area contributed by atoms with Crippen LogP contribution in [0.1, 0.15) is 54.6 Å². The fraction of sp³-hybridized carbons (Fsp3) is 0.524. The second-order valence-corrected chi connectivity index (χ2v) is 8.70. The van der Waals surface area contributed by atoms with Crippen LogP contribution in [0.15, 0.2) is 41.3 Å². The van der Waals surface area contributed by atoms with Crippen LogP contribution >= 0.6 is 0 Å². The lowest BCUT2D eigenvalue weighted by atomic mass is 9.53. The van der Waals surface area contributed by atoms with Gasteiger partial charge in [0, 0.05) is 11.7 Å². The summed E-state index contributed by atoms with van der Waals surface area (Å²) in [4.78, 5) is 28.0. The van der Waals surface area contributed by atoms with E-state index in [0.717, 1.165) is 42.6 Å². The average Bonchev–Trinajstić information content (AvgIpc) is 2.95. The van der Waals surface area contributed by atoms with Crippen molar-refractivity contribution in [3.63, 3.8) is 0 Å². The van der Waals surface area contributed by atoms with Crippen LogP contribution in [-0.4, -0.2) is 21.0 Å². The fourth-order valence-electron chi connectivity index (χ4n) is 6.08. The van der Waals surface area contributed by atoms with E-state index in [1.54, 1.807) is 10.8 Å². The Labute approximate surface area is 152 Å². The second-order valence-electron chi connectivity index (χ2n) is 8.70. The Morgan fingerprint density at radius 1 is 1.08 bits per heavy atom. The number of nitrogens with one attached hydrogen (secondary N) is 2. The van der Waals surface area contributed by atoms with Crippen LogP contribution in [0.3, 0.4) is 0 Å². The molecule has 1 aromatic heterocycles. The fourth-order valence-corrected chi connectivity index (χ4v) is 6.08. The summed E-state index contributed by atoms with van der Waals surface area (Å²) >= 11 is 0. The Bertz CT molecular complexity index is 845. The van der Waals surface area contributed by atoms with Gasteiger partial charge < -0.3 is 10.3 Å². The largest absolute Gasteiger partial charge is 0.345 e. The third-order valence-electron chi connectivity index (χ3n) is 6.70.